The zero-order chi connectivity index (χ0) is 18.6. The summed E-state index contributed by atoms with van der Waals surface area (Å²) in [5, 5.41) is 2.94. The fourth-order valence-corrected chi connectivity index (χ4v) is 4.20. The van der Waals surface area contributed by atoms with Gasteiger partial charge in [0.2, 0.25) is 5.91 Å². The van der Waals surface area contributed by atoms with E-state index in [9.17, 15) is 4.79 Å². The van der Waals surface area contributed by atoms with Gasteiger partial charge in [-0.2, -0.15) is 0 Å². The van der Waals surface area contributed by atoms with Gasteiger partial charge >= 0.3 is 0 Å². The van der Waals surface area contributed by atoms with E-state index in [0.29, 0.717) is 19.5 Å². The van der Waals surface area contributed by atoms with Crippen LogP contribution in [0.5, 0.6) is 0 Å². The number of carbonyl (C=O) groups is 1. The molecule has 2 atom stereocenters. The number of rotatable bonds is 4. The van der Waals surface area contributed by atoms with Crippen LogP contribution in [0.3, 0.4) is 0 Å². The van der Waals surface area contributed by atoms with E-state index in [2.05, 4.69) is 17.1 Å². The molecule has 0 saturated carbocycles. The van der Waals surface area contributed by atoms with Gasteiger partial charge in [0.15, 0.2) is 0 Å². The molecule has 5 heteroatoms. The van der Waals surface area contributed by atoms with Crippen molar-refractivity contribution in [2.45, 2.75) is 25.6 Å². The number of nitrogens with zero attached hydrogens (tertiary/aromatic N) is 2. The lowest BCUT2D eigenvalue weighted by Crippen LogP contribution is -2.46. The summed E-state index contributed by atoms with van der Waals surface area (Å²) in [4.78, 5) is 19.4. The zero-order valence-corrected chi connectivity index (χ0v) is 16.1. The summed E-state index contributed by atoms with van der Waals surface area (Å²) in [5.74, 6) is 0.107. The maximum absolute atomic E-state index is 12.9. The summed E-state index contributed by atoms with van der Waals surface area (Å²) in [6, 6.07) is 20.2. The van der Waals surface area contributed by atoms with Crippen molar-refractivity contribution in [1.82, 2.24) is 9.88 Å². The number of amides is 1. The van der Waals surface area contributed by atoms with Gasteiger partial charge in [-0.1, -0.05) is 60.7 Å². The number of carbonyl (C=O) groups excluding carboxylic acids is 1. The lowest BCUT2D eigenvalue weighted by Gasteiger charge is -2.37. The number of hydrogen-bond donors (Lipinski definition) is 0. The molecule has 2 aromatic carbocycles. The van der Waals surface area contributed by atoms with E-state index in [-0.39, 0.29) is 18.1 Å². The zero-order valence-electron chi connectivity index (χ0n) is 15.2. The van der Waals surface area contributed by atoms with Crippen molar-refractivity contribution >= 4 is 17.2 Å². The minimum atomic E-state index is -0.0748. The first-order valence-corrected chi connectivity index (χ1v) is 10.0. The average Bonchev–Trinajstić information content (AvgIpc) is 3.17. The molecule has 2 heterocycles. The van der Waals surface area contributed by atoms with Crippen LogP contribution in [-0.2, 0) is 16.0 Å². The van der Waals surface area contributed by atoms with Crippen LogP contribution < -0.4 is 0 Å². The van der Waals surface area contributed by atoms with Gasteiger partial charge in [-0.05, 0) is 12.5 Å². The van der Waals surface area contributed by atoms with Gasteiger partial charge in [0.1, 0.15) is 11.1 Å². The fraction of sp³-hybridized carbons (Fsp3) is 0.273. The number of morpholine rings is 1. The first-order valence-electron chi connectivity index (χ1n) is 9.17. The highest BCUT2D eigenvalue weighted by atomic mass is 32.1. The molecule has 1 saturated heterocycles. The SMILES string of the molecule is CC1CN(C(=O)Cc2csc(-c3ccccc3)n2)CC(c2ccccc2)O1. The second-order valence-electron chi connectivity index (χ2n) is 6.83. The number of hydrogen-bond acceptors (Lipinski definition) is 4. The van der Waals surface area contributed by atoms with Gasteiger partial charge < -0.3 is 9.64 Å². The largest absolute Gasteiger partial charge is 0.367 e. The summed E-state index contributed by atoms with van der Waals surface area (Å²) in [5.41, 5.74) is 3.03. The molecule has 0 N–H and O–H groups in total. The molecule has 4 nitrogen and oxygen atoms in total. The maximum atomic E-state index is 12.9. The quantitative estimate of drug-likeness (QED) is 0.678. The van der Waals surface area contributed by atoms with Gasteiger partial charge in [0, 0.05) is 17.5 Å². The normalized spacial score (nSPS) is 19.8. The molecular weight excluding hydrogens is 356 g/mol. The summed E-state index contributed by atoms with van der Waals surface area (Å²) in [6.07, 6.45) is 0.273. The molecule has 1 aromatic heterocycles. The van der Waals surface area contributed by atoms with Gasteiger partial charge in [-0.3, -0.25) is 4.79 Å². The van der Waals surface area contributed by atoms with E-state index >= 15 is 0 Å². The minimum Gasteiger partial charge on any atom is -0.367 e. The molecule has 0 aliphatic carbocycles. The Morgan fingerprint density at radius 2 is 1.81 bits per heavy atom. The van der Waals surface area contributed by atoms with Gasteiger partial charge in [0.25, 0.3) is 0 Å². The van der Waals surface area contributed by atoms with Crippen LogP contribution in [-0.4, -0.2) is 35.0 Å². The molecule has 1 amide bonds. The van der Waals surface area contributed by atoms with Crippen molar-refractivity contribution in [3.8, 4) is 10.6 Å². The van der Waals surface area contributed by atoms with Crippen LogP contribution in [0.1, 0.15) is 24.3 Å². The third-order valence-electron chi connectivity index (χ3n) is 4.69. The molecule has 138 valence electrons. The molecule has 1 aliphatic rings. The average molecular weight is 378 g/mol. The van der Waals surface area contributed by atoms with Gasteiger partial charge in [-0.25, -0.2) is 4.98 Å². The standard InChI is InChI=1S/C22H22N2O2S/c1-16-13-24(14-20(26-16)17-8-4-2-5-9-17)21(25)12-19-15-27-22(23-19)18-10-6-3-7-11-18/h2-11,15-16,20H,12-14H2,1H3. The first-order chi connectivity index (χ1) is 13.2. The highest BCUT2D eigenvalue weighted by Gasteiger charge is 2.29. The van der Waals surface area contributed by atoms with E-state index in [1.54, 1.807) is 11.3 Å². The Labute approximate surface area is 163 Å². The number of thiazole rings is 1. The molecule has 4 rings (SSSR count). The topological polar surface area (TPSA) is 42.4 Å². The van der Waals surface area contributed by atoms with Crippen LogP contribution in [0.15, 0.2) is 66.0 Å². The van der Waals surface area contributed by atoms with Crippen LogP contribution in [0.2, 0.25) is 0 Å². The van der Waals surface area contributed by atoms with Crippen molar-refractivity contribution < 1.29 is 9.53 Å². The monoisotopic (exact) mass is 378 g/mol. The molecule has 0 bridgehead atoms. The molecule has 1 fully saturated rings. The highest BCUT2D eigenvalue weighted by molar-refractivity contribution is 7.13. The van der Waals surface area contributed by atoms with E-state index in [1.165, 1.54) is 0 Å². The number of ether oxygens (including phenoxy) is 1. The third-order valence-corrected chi connectivity index (χ3v) is 5.63. The first kappa shape index (κ1) is 17.9. The molecule has 27 heavy (non-hydrogen) atoms. The van der Waals surface area contributed by atoms with Crippen LogP contribution >= 0.6 is 11.3 Å². The Balaban J connectivity index is 1.44. The van der Waals surface area contributed by atoms with Crippen LogP contribution in [0, 0.1) is 0 Å². The van der Waals surface area contributed by atoms with Crippen LogP contribution in [0.4, 0.5) is 0 Å². The molecule has 0 radical (unpaired) electrons. The maximum Gasteiger partial charge on any atom is 0.228 e. The van der Waals surface area contributed by atoms with Crippen LogP contribution in [0.25, 0.3) is 10.6 Å². The third kappa shape index (κ3) is 4.26. The highest BCUT2D eigenvalue weighted by Crippen LogP contribution is 2.27. The predicted molar refractivity (Wildman–Crippen MR) is 108 cm³/mol. The number of aromatic nitrogens is 1. The van der Waals surface area contributed by atoms with Gasteiger partial charge in [-0.15, -0.1) is 11.3 Å². The Morgan fingerprint density at radius 1 is 1.11 bits per heavy atom. The van der Waals surface area contributed by atoms with Crippen molar-refractivity contribution in [3.63, 3.8) is 0 Å². The molecule has 1 aliphatic heterocycles. The lowest BCUT2D eigenvalue weighted by atomic mass is 10.1. The smallest absolute Gasteiger partial charge is 0.228 e. The van der Waals surface area contributed by atoms with Crippen molar-refractivity contribution in [1.29, 1.82) is 0 Å². The second-order valence-corrected chi connectivity index (χ2v) is 7.69. The number of benzene rings is 2. The van der Waals surface area contributed by atoms with E-state index < -0.39 is 0 Å². The molecule has 2 unspecified atom stereocenters. The Bertz CT molecular complexity index is 895. The summed E-state index contributed by atoms with van der Waals surface area (Å²) in [7, 11) is 0. The van der Waals surface area contributed by atoms with Crippen molar-refractivity contribution in [2.24, 2.45) is 0 Å². The van der Waals surface area contributed by atoms with E-state index in [0.717, 1.165) is 21.8 Å². The second kappa shape index (κ2) is 8.03. The molecule has 0 spiro atoms. The summed E-state index contributed by atoms with van der Waals surface area (Å²) in [6.45, 7) is 3.23. The molecular formula is C22H22N2O2S. The fourth-order valence-electron chi connectivity index (χ4n) is 3.38. The Kier molecular flexibility index (Phi) is 5.32. The lowest BCUT2D eigenvalue weighted by molar-refractivity contribution is -0.144. The Hall–Kier alpha value is -2.50. The van der Waals surface area contributed by atoms with Crippen molar-refractivity contribution in [3.05, 3.63) is 77.3 Å². The molecule has 3 aromatic rings. The Morgan fingerprint density at radius 3 is 2.56 bits per heavy atom. The summed E-state index contributed by atoms with van der Waals surface area (Å²) >= 11 is 1.58. The predicted octanol–water partition coefficient (Wildman–Crippen LogP) is 4.34. The van der Waals surface area contributed by atoms with Crippen molar-refractivity contribution in [2.75, 3.05) is 13.1 Å². The van der Waals surface area contributed by atoms with E-state index in [4.69, 9.17) is 4.74 Å². The van der Waals surface area contributed by atoms with Gasteiger partial charge in [0.05, 0.1) is 24.8 Å². The summed E-state index contributed by atoms with van der Waals surface area (Å²) < 4.78 is 6.06. The minimum absolute atomic E-state index is 0.0169. The van der Waals surface area contributed by atoms with E-state index in [1.807, 2.05) is 65.7 Å².